The van der Waals surface area contributed by atoms with Crippen molar-refractivity contribution in [1.29, 1.82) is 0 Å². The molecule has 23 heteroatoms. The molecule has 7 amide bonds. The van der Waals surface area contributed by atoms with Crippen LogP contribution < -0.4 is 41.7 Å². The minimum absolute atomic E-state index is 0.0165. The summed E-state index contributed by atoms with van der Waals surface area (Å²) in [7, 11) is 0. The highest BCUT2D eigenvalue weighted by atomic mass is 19.1. The molecule has 22 nitrogen and oxygen atoms in total. The average molecular weight is 1020 g/mol. The number of aromatic nitrogens is 1. The molecule has 2 fully saturated rings. The lowest BCUT2D eigenvalue weighted by molar-refractivity contribution is -0.137. The molecule has 0 saturated carbocycles. The van der Waals surface area contributed by atoms with Gasteiger partial charge in [0.2, 0.25) is 17.7 Å². The fraction of sp³-hybridized carbons (Fsp3) is 0.580. The number of halogens is 1. The average Bonchev–Trinajstić information content (AvgIpc) is 4.05. The van der Waals surface area contributed by atoms with Crippen molar-refractivity contribution < 1.29 is 61.3 Å². The number of imide groups is 1. The zero-order valence-corrected chi connectivity index (χ0v) is 41.7. The van der Waals surface area contributed by atoms with Gasteiger partial charge in [0.15, 0.2) is 5.58 Å². The largest absolute Gasteiger partial charge is 0.423 e. The lowest BCUT2D eigenvalue weighted by Crippen LogP contribution is -2.56. The summed E-state index contributed by atoms with van der Waals surface area (Å²) < 4.78 is 48.4. The molecule has 7 rings (SSSR count). The first-order chi connectivity index (χ1) is 35.4. The summed E-state index contributed by atoms with van der Waals surface area (Å²) in [6.07, 6.45) is 3.72. The van der Waals surface area contributed by atoms with Crippen molar-refractivity contribution in [3.05, 3.63) is 59.9 Å². The number of fused-ring (bicyclic) bond motifs is 4. The minimum atomic E-state index is -1.00. The van der Waals surface area contributed by atoms with E-state index in [9.17, 15) is 33.2 Å². The van der Waals surface area contributed by atoms with Gasteiger partial charge in [0, 0.05) is 87.7 Å². The number of carbonyl (C=O) groups excluding carboxylic acids is 6. The number of amides is 7. The number of urea groups is 1. The van der Waals surface area contributed by atoms with E-state index < -0.39 is 35.8 Å². The molecule has 73 heavy (non-hydrogen) atoms. The third kappa shape index (κ3) is 15.3. The highest BCUT2D eigenvalue weighted by Crippen LogP contribution is 2.45. The number of ether oxygens (including phenoxy) is 5. The van der Waals surface area contributed by atoms with Gasteiger partial charge in [0.25, 0.3) is 17.8 Å². The van der Waals surface area contributed by atoms with Crippen molar-refractivity contribution in [2.24, 2.45) is 11.7 Å². The number of nitrogens with one attached hydrogen (secondary N) is 4. The second-order valence-electron chi connectivity index (χ2n) is 18.5. The van der Waals surface area contributed by atoms with Gasteiger partial charge < -0.3 is 69.8 Å². The number of morpholine rings is 1. The molecule has 4 aliphatic heterocycles. The van der Waals surface area contributed by atoms with Crippen LogP contribution in [0.2, 0.25) is 0 Å². The summed E-state index contributed by atoms with van der Waals surface area (Å²) in [6, 6.07) is 8.94. The highest BCUT2D eigenvalue weighted by molar-refractivity contribution is 6.12. The van der Waals surface area contributed by atoms with Gasteiger partial charge in [-0.1, -0.05) is 19.9 Å². The molecule has 6 N–H and O–H groups in total. The number of rotatable bonds is 29. The Hall–Kier alpha value is -6.40. The number of carbonyl (C=O) groups is 6. The van der Waals surface area contributed by atoms with E-state index in [1.807, 2.05) is 18.2 Å². The van der Waals surface area contributed by atoms with Gasteiger partial charge in [-0.15, -0.1) is 0 Å². The summed E-state index contributed by atoms with van der Waals surface area (Å²) in [5, 5.41) is 11.1. The van der Waals surface area contributed by atoms with E-state index in [4.69, 9.17) is 38.8 Å². The maximum Gasteiger partial charge on any atom is 0.312 e. The van der Waals surface area contributed by atoms with Crippen LogP contribution in [0.5, 0.6) is 0 Å². The Balaban J connectivity index is 0.837. The normalized spacial score (nSPS) is 18.3. The summed E-state index contributed by atoms with van der Waals surface area (Å²) >= 11 is 0. The first-order valence-electron chi connectivity index (χ1n) is 25.2. The van der Waals surface area contributed by atoms with Crippen LogP contribution in [0, 0.1) is 11.7 Å². The van der Waals surface area contributed by atoms with E-state index in [2.05, 4.69) is 42.0 Å². The number of benzene rings is 2. The van der Waals surface area contributed by atoms with Crippen molar-refractivity contribution in [3.63, 3.8) is 0 Å². The van der Waals surface area contributed by atoms with Crippen molar-refractivity contribution in [1.82, 2.24) is 31.2 Å². The number of nitrogens with two attached hydrogens (primary N) is 1. The Morgan fingerprint density at radius 2 is 1.51 bits per heavy atom. The molecule has 4 aliphatic rings. The van der Waals surface area contributed by atoms with Gasteiger partial charge in [-0.05, 0) is 61.1 Å². The summed E-state index contributed by atoms with van der Waals surface area (Å²) in [5.41, 5.74) is 9.61. The van der Waals surface area contributed by atoms with Crippen molar-refractivity contribution in [3.8, 4) is 0 Å². The Morgan fingerprint density at radius 1 is 0.808 bits per heavy atom. The van der Waals surface area contributed by atoms with Gasteiger partial charge in [0.1, 0.15) is 23.4 Å². The van der Waals surface area contributed by atoms with Gasteiger partial charge in [-0.3, -0.25) is 28.9 Å². The van der Waals surface area contributed by atoms with E-state index in [1.165, 1.54) is 18.2 Å². The number of hydrogen-bond donors (Lipinski definition) is 5. The molecule has 1 aromatic heterocycles. The number of piperidine rings is 1. The van der Waals surface area contributed by atoms with E-state index in [0.29, 0.717) is 70.7 Å². The first kappa shape index (κ1) is 54.4. The molecule has 0 aliphatic carbocycles. The fourth-order valence-electron chi connectivity index (χ4n) is 9.37. The van der Waals surface area contributed by atoms with Crippen molar-refractivity contribution in [2.75, 3.05) is 133 Å². The molecule has 3 aromatic rings. The number of oxazole rings is 1. The fourth-order valence-corrected chi connectivity index (χ4v) is 9.37. The lowest BCUT2D eigenvalue weighted by atomic mass is 9.88. The second kappa shape index (κ2) is 27.1. The first-order valence-corrected chi connectivity index (χ1v) is 25.2. The molecule has 2 aromatic carbocycles. The molecular formula is C50H69FN10O12. The van der Waals surface area contributed by atoms with Crippen LogP contribution in [0.4, 0.5) is 26.6 Å². The molecule has 0 spiro atoms. The monoisotopic (exact) mass is 1020 g/mol. The van der Waals surface area contributed by atoms with Crippen LogP contribution in [-0.4, -0.2) is 182 Å². The zero-order chi connectivity index (χ0) is 51.7. The van der Waals surface area contributed by atoms with Gasteiger partial charge in [0.05, 0.1) is 72.6 Å². The topological polar surface area (TPSA) is 262 Å². The van der Waals surface area contributed by atoms with Crippen LogP contribution in [-0.2, 0) is 47.7 Å². The van der Waals surface area contributed by atoms with Crippen molar-refractivity contribution in [2.45, 2.75) is 63.6 Å². The molecular weight excluding hydrogens is 952 g/mol. The third-order valence-corrected chi connectivity index (χ3v) is 13.2. The number of hydrogen-bond acceptors (Lipinski definition) is 16. The van der Waals surface area contributed by atoms with E-state index in [1.54, 1.807) is 19.9 Å². The van der Waals surface area contributed by atoms with Crippen LogP contribution in [0.25, 0.3) is 11.1 Å². The molecule has 0 bridgehead atoms. The van der Waals surface area contributed by atoms with E-state index >= 15 is 0 Å². The van der Waals surface area contributed by atoms with Crippen LogP contribution in [0.3, 0.4) is 0 Å². The molecule has 398 valence electrons. The van der Waals surface area contributed by atoms with Gasteiger partial charge >= 0.3 is 6.03 Å². The predicted octanol–water partition coefficient (Wildman–Crippen LogP) is 1.56. The Morgan fingerprint density at radius 3 is 2.21 bits per heavy atom. The maximum absolute atomic E-state index is 14.9. The van der Waals surface area contributed by atoms with E-state index in [0.717, 1.165) is 53.4 Å². The highest BCUT2D eigenvalue weighted by Gasteiger charge is 2.42. The smallest absolute Gasteiger partial charge is 0.312 e. The quantitative estimate of drug-likeness (QED) is 0.0488. The van der Waals surface area contributed by atoms with Crippen LogP contribution >= 0.6 is 0 Å². The number of nitrogens with zero attached hydrogens (tertiary/aromatic N) is 5. The predicted molar refractivity (Wildman–Crippen MR) is 266 cm³/mol. The Labute approximate surface area is 423 Å². The molecule has 5 heterocycles. The molecule has 2 saturated heterocycles. The summed E-state index contributed by atoms with van der Waals surface area (Å²) in [4.78, 5) is 87.6. The molecule has 0 radical (unpaired) electrons. The standard InChI is InChI=1S/C50H69FN10O12/c1-33(2)46(57-43(62)12-20-68-24-26-71-28-29-72-27-25-70-23-19-61-44(63)9-10-45(61)64)48(66)55-38(4-3-13-54-49(52)67)47(65)53-14-16-60-40-11-15-59(32-37(40)36-7-5-34(51)30-41(36)60)35-6-8-42-39(31-35)56-50(73-42)58-17-21-69-22-18-58/h5-10,30-31,33,37-38,40,46H,3-4,11-29,32H2,1-2H3,(H,53,65)(H,55,66)(H,57,62)(H3,52,54,67)/t37?,38-,40?,46-/m0/s1. The number of primary amides is 1. The summed E-state index contributed by atoms with van der Waals surface area (Å²) in [6.45, 7) is 10.7. The van der Waals surface area contributed by atoms with Gasteiger partial charge in [-0.2, -0.15) is 4.98 Å². The molecule has 2 unspecified atom stereocenters. The maximum atomic E-state index is 14.9. The summed E-state index contributed by atoms with van der Waals surface area (Å²) in [5.74, 6) is -2.70. The van der Waals surface area contributed by atoms with Crippen LogP contribution in [0.15, 0.2) is 53.0 Å². The van der Waals surface area contributed by atoms with E-state index in [-0.39, 0.29) is 94.4 Å². The molecule has 4 atom stereocenters. The SMILES string of the molecule is CC(C)[C@H](NC(=O)CCOCCOCCOCCOCCN1C(=O)C=CC1=O)C(=O)N[C@@H](CCCNC(N)=O)C(=O)NCCN1c2cc(F)ccc2C2CN(c3ccc4oc(N5CCOCC5)nc4c3)CCC21. The van der Waals surface area contributed by atoms with Crippen LogP contribution in [0.1, 0.15) is 51.0 Å². The number of anilines is 3. The Bertz CT molecular complexity index is 2380. The zero-order valence-electron chi connectivity index (χ0n) is 41.7. The second-order valence-corrected chi connectivity index (χ2v) is 18.5. The lowest BCUT2D eigenvalue weighted by Gasteiger charge is -2.40. The van der Waals surface area contributed by atoms with Gasteiger partial charge in [-0.25, -0.2) is 9.18 Å². The minimum Gasteiger partial charge on any atom is -0.423 e. The van der Waals surface area contributed by atoms with Crippen molar-refractivity contribution >= 4 is 64.1 Å². The Kier molecular flexibility index (Phi) is 20.1. The third-order valence-electron chi connectivity index (χ3n) is 13.2.